The maximum atomic E-state index is 12.2. The third kappa shape index (κ3) is 2.77. The molecule has 0 bridgehead atoms. The van der Waals surface area contributed by atoms with Gasteiger partial charge in [-0.2, -0.15) is 0 Å². The summed E-state index contributed by atoms with van der Waals surface area (Å²) in [6, 6.07) is 7.23. The normalized spacial score (nSPS) is 29.9. The van der Waals surface area contributed by atoms with E-state index >= 15 is 0 Å². The first-order valence-electron chi connectivity index (χ1n) is 7.72. The van der Waals surface area contributed by atoms with E-state index in [0.717, 1.165) is 19.3 Å². The Bertz CT molecular complexity index is 693. The second-order valence-corrected chi connectivity index (χ2v) is 8.78. The van der Waals surface area contributed by atoms with Gasteiger partial charge in [-0.1, -0.05) is 25.1 Å². The highest BCUT2D eigenvalue weighted by Gasteiger charge is 2.60. The van der Waals surface area contributed by atoms with Crippen molar-refractivity contribution in [1.82, 2.24) is 5.32 Å². The van der Waals surface area contributed by atoms with Crippen LogP contribution in [0.4, 0.5) is 0 Å². The Hall–Kier alpha value is -1.40. The predicted octanol–water partition coefficient (Wildman–Crippen LogP) is 1.02. The topological polar surface area (TPSA) is 89.3 Å². The molecule has 2 fully saturated rings. The molecule has 120 valence electrons. The lowest BCUT2D eigenvalue weighted by Gasteiger charge is -2.37. The van der Waals surface area contributed by atoms with Crippen LogP contribution < -0.4 is 11.1 Å². The Balaban J connectivity index is 1.63. The first-order valence-corrected chi connectivity index (χ1v) is 9.37. The Morgan fingerprint density at radius 1 is 1.32 bits per heavy atom. The number of sulfone groups is 1. The minimum absolute atomic E-state index is 0.0364. The van der Waals surface area contributed by atoms with Crippen molar-refractivity contribution in [2.24, 2.45) is 11.1 Å². The molecule has 1 unspecified atom stereocenters. The molecule has 3 rings (SSSR count). The number of carbonyl (C=O) groups is 1. The SMILES string of the molecule is CCS(=O)(=O)c1ccccc1CC(=O)NC1CC2(C1)CC2N. The highest BCUT2D eigenvalue weighted by Crippen LogP contribution is 2.59. The highest BCUT2D eigenvalue weighted by atomic mass is 32.2. The Labute approximate surface area is 131 Å². The molecule has 0 aliphatic heterocycles. The lowest BCUT2D eigenvalue weighted by Crippen LogP contribution is -2.47. The summed E-state index contributed by atoms with van der Waals surface area (Å²) in [6.45, 7) is 1.61. The lowest BCUT2D eigenvalue weighted by molar-refractivity contribution is -0.122. The Morgan fingerprint density at radius 3 is 2.55 bits per heavy atom. The number of nitrogens with two attached hydrogens (primary N) is 1. The molecule has 0 aromatic heterocycles. The van der Waals surface area contributed by atoms with Crippen LogP contribution in [0.2, 0.25) is 0 Å². The smallest absolute Gasteiger partial charge is 0.224 e. The maximum Gasteiger partial charge on any atom is 0.224 e. The number of benzene rings is 1. The molecule has 2 saturated carbocycles. The van der Waals surface area contributed by atoms with Gasteiger partial charge in [-0.15, -0.1) is 0 Å². The van der Waals surface area contributed by atoms with E-state index < -0.39 is 9.84 Å². The summed E-state index contributed by atoms with van der Waals surface area (Å²) in [5, 5.41) is 2.99. The maximum absolute atomic E-state index is 12.2. The monoisotopic (exact) mass is 322 g/mol. The fourth-order valence-corrected chi connectivity index (χ4v) is 4.57. The average Bonchev–Trinajstić information content (AvgIpc) is 3.10. The number of amides is 1. The van der Waals surface area contributed by atoms with Crippen molar-refractivity contribution >= 4 is 15.7 Å². The number of nitrogens with one attached hydrogen (secondary N) is 1. The molecule has 2 aliphatic carbocycles. The van der Waals surface area contributed by atoms with Crippen LogP contribution in [0, 0.1) is 5.41 Å². The van der Waals surface area contributed by atoms with Crippen molar-refractivity contribution in [1.29, 1.82) is 0 Å². The molecule has 5 nitrogen and oxygen atoms in total. The van der Waals surface area contributed by atoms with Crippen LogP contribution in [0.25, 0.3) is 0 Å². The molecule has 1 atom stereocenters. The first kappa shape index (κ1) is 15.5. The third-order valence-electron chi connectivity index (χ3n) is 4.96. The summed E-state index contributed by atoms with van der Waals surface area (Å²) in [4.78, 5) is 12.4. The van der Waals surface area contributed by atoms with Gasteiger partial charge in [0.05, 0.1) is 17.1 Å². The van der Waals surface area contributed by atoms with E-state index in [1.165, 1.54) is 0 Å². The van der Waals surface area contributed by atoms with Crippen LogP contribution in [-0.4, -0.2) is 32.2 Å². The van der Waals surface area contributed by atoms with E-state index in [9.17, 15) is 13.2 Å². The molecule has 0 saturated heterocycles. The molecule has 1 spiro atoms. The minimum atomic E-state index is -3.31. The van der Waals surface area contributed by atoms with Gasteiger partial charge < -0.3 is 11.1 Å². The summed E-state index contributed by atoms with van der Waals surface area (Å²) < 4.78 is 24.2. The molecule has 22 heavy (non-hydrogen) atoms. The van der Waals surface area contributed by atoms with Crippen LogP contribution in [0.15, 0.2) is 29.2 Å². The van der Waals surface area contributed by atoms with Crippen molar-refractivity contribution in [3.63, 3.8) is 0 Å². The van der Waals surface area contributed by atoms with E-state index in [0.29, 0.717) is 17.0 Å². The van der Waals surface area contributed by atoms with E-state index in [1.54, 1.807) is 31.2 Å². The molecule has 1 aromatic rings. The van der Waals surface area contributed by atoms with E-state index in [1.807, 2.05) is 0 Å². The molecule has 3 N–H and O–H groups in total. The second-order valence-electron chi connectivity index (χ2n) is 6.53. The van der Waals surface area contributed by atoms with Crippen LogP contribution in [0.3, 0.4) is 0 Å². The highest BCUT2D eigenvalue weighted by molar-refractivity contribution is 7.91. The van der Waals surface area contributed by atoms with Gasteiger partial charge in [0.2, 0.25) is 5.91 Å². The largest absolute Gasteiger partial charge is 0.353 e. The molecule has 1 amide bonds. The number of carbonyl (C=O) groups excluding carboxylic acids is 1. The van der Waals surface area contributed by atoms with E-state index in [2.05, 4.69) is 5.32 Å². The van der Waals surface area contributed by atoms with Gasteiger partial charge in [0, 0.05) is 12.1 Å². The molecule has 1 aromatic carbocycles. The van der Waals surface area contributed by atoms with Crippen molar-refractivity contribution in [2.75, 3.05) is 5.75 Å². The second kappa shape index (κ2) is 5.35. The fourth-order valence-electron chi connectivity index (χ4n) is 3.43. The summed E-state index contributed by atoms with van der Waals surface area (Å²) in [6.07, 6.45) is 3.07. The zero-order chi connectivity index (χ0) is 16.0. The van der Waals surface area contributed by atoms with E-state index in [4.69, 9.17) is 5.73 Å². The van der Waals surface area contributed by atoms with Crippen LogP contribution in [0.5, 0.6) is 0 Å². The van der Waals surface area contributed by atoms with Crippen molar-refractivity contribution in [3.8, 4) is 0 Å². The quantitative estimate of drug-likeness (QED) is 0.847. The Morgan fingerprint density at radius 2 is 1.95 bits per heavy atom. The fraction of sp³-hybridized carbons (Fsp3) is 0.562. The summed E-state index contributed by atoms with van der Waals surface area (Å²) >= 11 is 0. The molecular weight excluding hydrogens is 300 g/mol. The van der Waals surface area contributed by atoms with Gasteiger partial charge in [0.15, 0.2) is 9.84 Å². The Kier molecular flexibility index (Phi) is 3.77. The number of hydrogen-bond acceptors (Lipinski definition) is 4. The zero-order valence-corrected chi connectivity index (χ0v) is 13.5. The van der Waals surface area contributed by atoms with Crippen molar-refractivity contribution < 1.29 is 13.2 Å². The van der Waals surface area contributed by atoms with Crippen molar-refractivity contribution in [2.45, 2.75) is 49.6 Å². The predicted molar refractivity (Wildman–Crippen MR) is 84.1 cm³/mol. The standard InChI is InChI=1S/C16H22N2O3S/c1-2-22(20,21)13-6-4-3-5-11(13)7-15(19)18-12-8-16(9-12)10-14(16)17/h3-6,12,14H,2,7-10,17H2,1H3,(H,18,19). The third-order valence-corrected chi connectivity index (χ3v) is 6.79. The molecule has 6 heteroatoms. The van der Waals surface area contributed by atoms with Crippen LogP contribution >= 0.6 is 0 Å². The van der Waals surface area contributed by atoms with Gasteiger partial charge >= 0.3 is 0 Å². The van der Waals surface area contributed by atoms with Crippen LogP contribution in [-0.2, 0) is 21.1 Å². The van der Waals surface area contributed by atoms with Gasteiger partial charge in [-0.05, 0) is 36.3 Å². The lowest BCUT2D eigenvalue weighted by atomic mass is 9.76. The van der Waals surface area contributed by atoms with Crippen LogP contribution in [0.1, 0.15) is 31.7 Å². The summed E-state index contributed by atoms with van der Waals surface area (Å²) in [7, 11) is -3.31. The summed E-state index contributed by atoms with van der Waals surface area (Å²) in [5.74, 6) is -0.0814. The van der Waals surface area contributed by atoms with Gasteiger partial charge in [0.1, 0.15) is 0 Å². The summed E-state index contributed by atoms with van der Waals surface area (Å²) in [5.41, 5.74) is 6.74. The van der Waals surface area contributed by atoms with Gasteiger partial charge in [-0.3, -0.25) is 4.79 Å². The zero-order valence-electron chi connectivity index (χ0n) is 12.7. The molecule has 2 aliphatic rings. The average molecular weight is 322 g/mol. The molecular formula is C16H22N2O3S. The minimum Gasteiger partial charge on any atom is -0.353 e. The molecule has 0 heterocycles. The number of rotatable bonds is 5. The van der Waals surface area contributed by atoms with Gasteiger partial charge in [-0.25, -0.2) is 8.42 Å². The van der Waals surface area contributed by atoms with Crippen molar-refractivity contribution in [3.05, 3.63) is 29.8 Å². The molecule has 0 radical (unpaired) electrons. The number of hydrogen-bond donors (Lipinski definition) is 2. The van der Waals surface area contributed by atoms with E-state index in [-0.39, 0.29) is 29.0 Å². The van der Waals surface area contributed by atoms with Gasteiger partial charge in [0.25, 0.3) is 0 Å². The first-order chi connectivity index (χ1) is 10.4.